The highest BCUT2D eigenvalue weighted by Crippen LogP contribution is 2.55. The van der Waals surface area contributed by atoms with Crippen molar-refractivity contribution >= 4 is 0 Å². The van der Waals surface area contributed by atoms with Gasteiger partial charge in [0.1, 0.15) is 0 Å². The van der Waals surface area contributed by atoms with Crippen LogP contribution in [0, 0.1) is 5.41 Å². The van der Waals surface area contributed by atoms with E-state index in [4.69, 9.17) is 0 Å². The molecule has 1 aliphatic heterocycles. The summed E-state index contributed by atoms with van der Waals surface area (Å²) in [6, 6.07) is 0.436. The van der Waals surface area contributed by atoms with Crippen LogP contribution >= 0.6 is 0 Å². The van der Waals surface area contributed by atoms with Crippen molar-refractivity contribution in [2.24, 2.45) is 5.41 Å². The van der Waals surface area contributed by atoms with Crippen molar-refractivity contribution in [1.29, 1.82) is 0 Å². The zero-order valence-electron chi connectivity index (χ0n) is 6.66. The maximum absolute atomic E-state index is 12.5. The molecule has 0 aromatic heterocycles. The van der Waals surface area contributed by atoms with Crippen LogP contribution in [0.25, 0.3) is 0 Å². The van der Waals surface area contributed by atoms with E-state index < -0.39 is 5.92 Å². The Bertz CT molecular complexity index is 171. The monoisotopic (exact) mass is 161 g/mol. The van der Waals surface area contributed by atoms with Gasteiger partial charge in [0.15, 0.2) is 0 Å². The van der Waals surface area contributed by atoms with Crippen LogP contribution < -0.4 is 5.32 Å². The Morgan fingerprint density at radius 2 is 2.00 bits per heavy atom. The minimum Gasteiger partial charge on any atom is -0.314 e. The van der Waals surface area contributed by atoms with Crippen LogP contribution in [0.4, 0.5) is 8.78 Å². The van der Waals surface area contributed by atoms with Crippen molar-refractivity contribution in [2.75, 3.05) is 6.54 Å². The minimum absolute atomic E-state index is 0.0388. The Kier molecular flexibility index (Phi) is 1.32. The largest absolute Gasteiger partial charge is 0.314 e. The number of alkyl halides is 2. The first-order chi connectivity index (χ1) is 5.02. The molecule has 1 atom stereocenters. The van der Waals surface area contributed by atoms with Crippen molar-refractivity contribution in [3.05, 3.63) is 0 Å². The lowest BCUT2D eigenvalue weighted by Crippen LogP contribution is -2.47. The molecule has 0 aromatic rings. The summed E-state index contributed by atoms with van der Waals surface area (Å²) < 4.78 is 25.1. The molecule has 1 heterocycles. The Labute approximate surface area is 65.2 Å². The van der Waals surface area contributed by atoms with E-state index in [0.29, 0.717) is 6.04 Å². The van der Waals surface area contributed by atoms with Gasteiger partial charge in [0.25, 0.3) is 0 Å². The van der Waals surface area contributed by atoms with Crippen LogP contribution in [-0.2, 0) is 0 Å². The van der Waals surface area contributed by atoms with Gasteiger partial charge in [-0.25, -0.2) is 8.78 Å². The molecule has 1 spiro atoms. The molecule has 0 bridgehead atoms. The van der Waals surface area contributed by atoms with Gasteiger partial charge in [0.2, 0.25) is 5.92 Å². The highest BCUT2D eigenvalue weighted by Gasteiger charge is 2.58. The fourth-order valence-electron chi connectivity index (χ4n) is 2.50. The topological polar surface area (TPSA) is 12.0 Å². The van der Waals surface area contributed by atoms with E-state index in [1.165, 1.54) is 0 Å². The summed E-state index contributed by atoms with van der Waals surface area (Å²) in [7, 11) is 0. The maximum Gasteiger partial charge on any atom is 0.249 e. The van der Waals surface area contributed by atoms with Crippen LogP contribution in [0.15, 0.2) is 0 Å². The highest BCUT2D eigenvalue weighted by molar-refractivity contribution is 5.05. The molecule has 1 aliphatic carbocycles. The molecule has 0 radical (unpaired) electrons. The third-order valence-corrected chi connectivity index (χ3v) is 2.83. The van der Waals surface area contributed by atoms with E-state index in [1.54, 1.807) is 0 Å². The summed E-state index contributed by atoms with van der Waals surface area (Å²) >= 11 is 0. The third kappa shape index (κ3) is 1.15. The van der Waals surface area contributed by atoms with Crippen molar-refractivity contribution in [3.63, 3.8) is 0 Å². The lowest BCUT2D eigenvalue weighted by Gasteiger charge is -2.44. The van der Waals surface area contributed by atoms with Gasteiger partial charge in [-0.05, 0) is 18.8 Å². The molecule has 0 aromatic carbocycles. The van der Waals surface area contributed by atoms with Gasteiger partial charge in [-0.1, -0.05) is 0 Å². The average Bonchev–Trinajstić information content (AvgIpc) is 2.08. The number of hydrogen-bond acceptors (Lipinski definition) is 1. The Hall–Kier alpha value is -0.180. The first-order valence-corrected chi connectivity index (χ1v) is 4.13. The zero-order valence-corrected chi connectivity index (χ0v) is 6.66. The molecule has 11 heavy (non-hydrogen) atoms. The van der Waals surface area contributed by atoms with E-state index in [2.05, 4.69) is 12.2 Å². The first kappa shape index (κ1) is 7.47. The Morgan fingerprint density at radius 3 is 2.36 bits per heavy atom. The smallest absolute Gasteiger partial charge is 0.249 e. The van der Waals surface area contributed by atoms with Crippen LogP contribution in [0.3, 0.4) is 0 Å². The second-order valence-corrected chi connectivity index (χ2v) is 4.20. The lowest BCUT2D eigenvalue weighted by atomic mass is 9.65. The number of rotatable bonds is 0. The van der Waals surface area contributed by atoms with Gasteiger partial charge < -0.3 is 5.32 Å². The molecule has 2 rings (SSSR count). The molecular weight excluding hydrogens is 148 g/mol. The number of halogens is 2. The van der Waals surface area contributed by atoms with E-state index >= 15 is 0 Å². The van der Waals surface area contributed by atoms with Crippen LogP contribution in [0.5, 0.6) is 0 Å². The van der Waals surface area contributed by atoms with E-state index in [-0.39, 0.29) is 18.3 Å². The number of nitrogens with one attached hydrogen (secondary N) is 1. The molecule has 1 nitrogen and oxygen atoms in total. The fourth-order valence-corrected chi connectivity index (χ4v) is 2.50. The third-order valence-electron chi connectivity index (χ3n) is 2.83. The van der Waals surface area contributed by atoms with Gasteiger partial charge in [0.05, 0.1) is 0 Å². The van der Waals surface area contributed by atoms with Crippen LogP contribution in [0.2, 0.25) is 0 Å². The van der Waals surface area contributed by atoms with E-state index in [1.807, 2.05) is 0 Å². The van der Waals surface area contributed by atoms with Crippen molar-refractivity contribution < 1.29 is 8.78 Å². The lowest BCUT2D eigenvalue weighted by molar-refractivity contribution is -0.153. The van der Waals surface area contributed by atoms with Crippen molar-refractivity contribution in [3.8, 4) is 0 Å². The second-order valence-electron chi connectivity index (χ2n) is 4.20. The van der Waals surface area contributed by atoms with Crippen molar-refractivity contribution in [1.82, 2.24) is 5.32 Å². The summed E-state index contributed by atoms with van der Waals surface area (Å²) in [5.41, 5.74) is -0.0388. The Balaban J connectivity index is 1.97. The molecule has 2 aliphatic rings. The number of hydrogen-bond donors (Lipinski definition) is 1. The second kappa shape index (κ2) is 1.94. The summed E-state index contributed by atoms with van der Waals surface area (Å²) in [4.78, 5) is 0. The standard InChI is InChI=1S/C8H13F2N/c1-6-2-7(5-11-6)3-8(9,10)4-7/h6,11H,2-5H2,1H3/t6-/m1/s1. The van der Waals surface area contributed by atoms with Gasteiger partial charge in [-0.15, -0.1) is 0 Å². The van der Waals surface area contributed by atoms with E-state index in [0.717, 1.165) is 13.0 Å². The molecule has 64 valence electrons. The predicted octanol–water partition coefficient (Wildman–Crippen LogP) is 1.78. The van der Waals surface area contributed by atoms with Gasteiger partial charge >= 0.3 is 0 Å². The highest BCUT2D eigenvalue weighted by atomic mass is 19.3. The van der Waals surface area contributed by atoms with Gasteiger partial charge in [-0.3, -0.25) is 0 Å². The quantitative estimate of drug-likeness (QED) is 0.571. The summed E-state index contributed by atoms with van der Waals surface area (Å²) in [5.74, 6) is -2.36. The summed E-state index contributed by atoms with van der Waals surface area (Å²) in [6.07, 6.45) is 1.15. The van der Waals surface area contributed by atoms with E-state index in [9.17, 15) is 8.78 Å². The summed E-state index contributed by atoms with van der Waals surface area (Å²) in [6.45, 7) is 2.86. The average molecular weight is 161 g/mol. The predicted molar refractivity (Wildman–Crippen MR) is 38.7 cm³/mol. The van der Waals surface area contributed by atoms with Gasteiger partial charge in [0, 0.05) is 25.4 Å². The summed E-state index contributed by atoms with van der Waals surface area (Å²) in [5, 5.41) is 3.22. The molecule has 0 amide bonds. The van der Waals surface area contributed by atoms with Crippen LogP contribution in [0.1, 0.15) is 26.2 Å². The fraction of sp³-hybridized carbons (Fsp3) is 1.00. The van der Waals surface area contributed by atoms with Crippen LogP contribution in [-0.4, -0.2) is 18.5 Å². The molecular formula is C8H13F2N. The normalized spacial score (nSPS) is 39.0. The zero-order chi connectivity index (χ0) is 8.11. The van der Waals surface area contributed by atoms with Gasteiger partial charge in [-0.2, -0.15) is 0 Å². The first-order valence-electron chi connectivity index (χ1n) is 4.13. The van der Waals surface area contributed by atoms with Crippen molar-refractivity contribution in [2.45, 2.75) is 38.2 Å². The molecule has 1 saturated carbocycles. The molecule has 1 saturated heterocycles. The molecule has 1 N–H and O–H groups in total. The molecule has 0 unspecified atom stereocenters. The maximum atomic E-state index is 12.5. The molecule has 3 heteroatoms. The molecule has 2 fully saturated rings. The SMILES string of the molecule is C[C@@H]1CC2(CN1)CC(F)(F)C2. The minimum atomic E-state index is -2.36. The Morgan fingerprint density at radius 1 is 1.36 bits per heavy atom.